The average molecular weight is 476 g/mol. The van der Waals surface area contributed by atoms with Crippen LogP contribution in [0.1, 0.15) is 41.3 Å². The van der Waals surface area contributed by atoms with E-state index in [0.717, 1.165) is 11.1 Å². The van der Waals surface area contributed by atoms with Gasteiger partial charge in [0.2, 0.25) is 11.8 Å². The predicted octanol–water partition coefficient (Wildman–Crippen LogP) is 3.05. The molecule has 2 atom stereocenters. The SMILES string of the molecule is C#CCCN(CC(=O)Nc1cc(C(C)=O)ccc1C)C(=O)C1(c2ccccc2)CC1NC(=O)OC. The van der Waals surface area contributed by atoms with Gasteiger partial charge in [-0.2, -0.15) is 0 Å². The second kappa shape index (κ2) is 10.9. The maximum atomic E-state index is 13.9. The van der Waals surface area contributed by atoms with Crippen molar-refractivity contribution in [1.29, 1.82) is 0 Å². The molecule has 182 valence electrons. The summed E-state index contributed by atoms with van der Waals surface area (Å²) in [6, 6.07) is 13.7. The van der Waals surface area contributed by atoms with E-state index in [1.165, 1.54) is 18.9 Å². The van der Waals surface area contributed by atoms with E-state index in [-0.39, 0.29) is 31.2 Å². The molecule has 0 aliphatic heterocycles. The predicted molar refractivity (Wildman–Crippen MR) is 132 cm³/mol. The quantitative estimate of drug-likeness (QED) is 0.429. The molecule has 1 saturated carbocycles. The molecule has 2 aromatic rings. The fourth-order valence-electron chi connectivity index (χ4n) is 4.13. The minimum absolute atomic E-state index is 0.117. The van der Waals surface area contributed by atoms with E-state index in [2.05, 4.69) is 16.6 Å². The normalized spacial score (nSPS) is 18.1. The van der Waals surface area contributed by atoms with Crippen LogP contribution >= 0.6 is 0 Å². The molecule has 0 saturated heterocycles. The molecule has 0 aromatic heterocycles. The molecule has 0 heterocycles. The summed E-state index contributed by atoms with van der Waals surface area (Å²) in [5.41, 5.74) is 1.48. The Labute approximate surface area is 205 Å². The van der Waals surface area contributed by atoms with Crippen LogP contribution in [0.15, 0.2) is 48.5 Å². The highest BCUT2D eigenvalue weighted by atomic mass is 16.5. The third-order valence-electron chi connectivity index (χ3n) is 6.17. The molecule has 1 fully saturated rings. The van der Waals surface area contributed by atoms with E-state index in [9.17, 15) is 19.2 Å². The number of methoxy groups -OCH3 is 1. The number of ketones is 1. The second-order valence-corrected chi connectivity index (χ2v) is 8.54. The molecule has 0 bridgehead atoms. The Bertz CT molecular complexity index is 1170. The number of benzene rings is 2. The number of hydrogen-bond donors (Lipinski definition) is 2. The molecule has 1 aliphatic rings. The summed E-state index contributed by atoms with van der Waals surface area (Å²) in [5.74, 6) is 1.68. The number of carbonyl (C=O) groups excluding carboxylic acids is 4. The smallest absolute Gasteiger partial charge is 0.407 e. The van der Waals surface area contributed by atoms with Gasteiger partial charge in [-0.25, -0.2) is 4.79 Å². The van der Waals surface area contributed by atoms with Crippen LogP contribution in [0.25, 0.3) is 0 Å². The van der Waals surface area contributed by atoms with Gasteiger partial charge in [-0.15, -0.1) is 12.3 Å². The van der Waals surface area contributed by atoms with E-state index >= 15 is 0 Å². The van der Waals surface area contributed by atoms with Crippen LogP contribution < -0.4 is 10.6 Å². The zero-order valence-electron chi connectivity index (χ0n) is 20.1. The fraction of sp³-hybridized carbons (Fsp3) is 0.333. The summed E-state index contributed by atoms with van der Waals surface area (Å²) >= 11 is 0. The molecule has 2 aromatic carbocycles. The monoisotopic (exact) mass is 475 g/mol. The lowest BCUT2D eigenvalue weighted by molar-refractivity contribution is -0.137. The lowest BCUT2D eigenvalue weighted by Crippen LogP contribution is -2.47. The number of nitrogens with one attached hydrogen (secondary N) is 2. The van der Waals surface area contributed by atoms with Gasteiger partial charge in [0.15, 0.2) is 5.78 Å². The number of rotatable bonds is 9. The van der Waals surface area contributed by atoms with Gasteiger partial charge in [0.05, 0.1) is 25.1 Å². The molecule has 1 aliphatic carbocycles. The van der Waals surface area contributed by atoms with Gasteiger partial charge < -0.3 is 20.3 Å². The van der Waals surface area contributed by atoms with Gasteiger partial charge in [-0.3, -0.25) is 14.4 Å². The van der Waals surface area contributed by atoms with Crippen LogP contribution in [0.2, 0.25) is 0 Å². The summed E-state index contributed by atoms with van der Waals surface area (Å²) < 4.78 is 4.71. The number of amides is 3. The number of alkyl carbamates (subject to hydrolysis) is 1. The Morgan fingerprint density at radius 3 is 2.51 bits per heavy atom. The van der Waals surface area contributed by atoms with Crippen molar-refractivity contribution in [2.45, 2.75) is 38.1 Å². The van der Waals surface area contributed by atoms with Crippen molar-refractivity contribution in [3.8, 4) is 12.3 Å². The lowest BCUT2D eigenvalue weighted by Gasteiger charge is -2.28. The minimum atomic E-state index is -1.02. The number of aryl methyl sites for hydroxylation is 1. The van der Waals surface area contributed by atoms with Crippen LogP contribution in [0.5, 0.6) is 0 Å². The molecule has 0 radical (unpaired) electrons. The summed E-state index contributed by atoms with van der Waals surface area (Å²) in [4.78, 5) is 51.9. The Morgan fingerprint density at radius 1 is 1.17 bits per heavy atom. The summed E-state index contributed by atoms with van der Waals surface area (Å²) in [5, 5.41) is 5.53. The van der Waals surface area contributed by atoms with Crippen LogP contribution in [-0.2, 0) is 19.7 Å². The first-order chi connectivity index (χ1) is 16.7. The van der Waals surface area contributed by atoms with Gasteiger partial charge in [0, 0.05) is 24.2 Å². The van der Waals surface area contributed by atoms with Crippen LogP contribution in [0, 0.1) is 19.3 Å². The highest BCUT2D eigenvalue weighted by Gasteiger charge is 2.63. The van der Waals surface area contributed by atoms with Crippen molar-refractivity contribution < 1.29 is 23.9 Å². The molecule has 8 heteroatoms. The Morgan fingerprint density at radius 2 is 1.89 bits per heavy atom. The maximum Gasteiger partial charge on any atom is 0.407 e. The van der Waals surface area contributed by atoms with Crippen molar-refractivity contribution >= 4 is 29.4 Å². The van der Waals surface area contributed by atoms with Crippen molar-refractivity contribution in [3.05, 3.63) is 65.2 Å². The van der Waals surface area contributed by atoms with E-state index in [0.29, 0.717) is 17.7 Å². The van der Waals surface area contributed by atoms with Crippen molar-refractivity contribution in [3.63, 3.8) is 0 Å². The minimum Gasteiger partial charge on any atom is -0.453 e. The van der Waals surface area contributed by atoms with Gasteiger partial charge in [0.1, 0.15) is 0 Å². The molecule has 3 amide bonds. The number of nitrogens with zero attached hydrogens (tertiary/aromatic N) is 1. The zero-order valence-corrected chi connectivity index (χ0v) is 20.1. The maximum absolute atomic E-state index is 13.9. The third kappa shape index (κ3) is 5.69. The zero-order chi connectivity index (χ0) is 25.6. The first-order valence-electron chi connectivity index (χ1n) is 11.3. The first kappa shape index (κ1) is 25.5. The number of terminal acetylenes is 1. The molecular weight excluding hydrogens is 446 g/mol. The number of ether oxygens (including phenoxy) is 1. The van der Waals surface area contributed by atoms with E-state index in [1.807, 2.05) is 37.3 Å². The highest BCUT2D eigenvalue weighted by molar-refractivity contribution is 6.00. The van der Waals surface area contributed by atoms with Crippen molar-refractivity contribution in [1.82, 2.24) is 10.2 Å². The van der Waals surface area contributed by atoms with Crippen LogP contribution in [0.3, 0.4) is 0 Å². The topological polar surface area (TPSA) is 105 Å². The molecule has 0 spiro atoms. The highest BCUT2D eigenvalue weighted by Crippen LogP contribution is 2.50. The number of hydrogen-bond acceptors (Lipinski definition) is 5. The summed E-state index contributed by atoms with van der Waals surface area (Å²) in [6.07, 6.45) is 5.45. The van der Waals surface area contributed by atoms with Crippen LogP contribution in [-0.4, -0.2) is 54.8 Å². The largest absolute Gasteiger partial charge is 0.453 e. The molecule has 8 nitrogen and oxygen atoms in total. The number of Topliss-reactive ketones (excluding diaryl/α,β-unsaturated/α-hetero) is 1. The molecular formula is C27H29N3O5. The number of anilines is 1. The Kier molecular flexibility index (Phi) is 7.92. The van der Waals surface area contributed by atoms with Gasteiger partial charge in [0.25, 0.3) is 0 Å². The Hall–Kier alpha value is -4.12. The summed E-state index contributed by atoms with van der Waals surface area (Å²) in [7, 11) is 1.26. The molecule has 2 unspecified atom stereocenters. The fourth-order valence-corrected chi connectivity index (χ4v) is 4.13. The van der Waals surface area contributed by atoms with Crippen molar-refractivity contribution in [2.24, 2.45) is 0 Å². The molecule has 35 heavy (non-hydrogen) atoms. The van der Waals surface area contributed by atoms with Gasteiger partial charge in [-0.1, -0.05) is 42.5 Å². The molecule has 3 rings (SSSR count). The summed E-state index contributed by atoms with van der Waals surface area (Å²) in [6.45, 7) is 3.21. The third-order valence-corrected chi connectivity index (χ3v) is 6.17. The standard InChI is InChI=1S/C27H29N3O5/c1-5-6-14-30(17-24(32)28-22-15-20(19(3)31)13-12-18(22)2)25(33)27(21-10-8-7-9-11-21)16-23(27)29-26(34)35-4/h1,7-13,15,23H,6,14,16-17H2,2-4H3,(H,28,32)(H,29,34). The molecule has 2 N–H and O–H groups in total. The Balaban J connectivity index is 1.85. The van der Waals surface area contributed by atoms with Crippen molar-refractivity contribution in [2.75, 3.05) is 25.5 Å². The first-order valence-corrected chi connectivity index (χ1v) is 11.3. The van der Waals surface area contributed by atoms with E-state index in [1.54, 1.807) is 18.2 Å². The van der Waals surface area contributed by atoms with E-state index in [4.69, 9.17) is 11.2 Å². The van der Waals surface area contributed by atoms with E-state index < -0.39 is 23.5 Å². The van der Waals surface area contributed by atoms with Crippen LogP contribution in [0.4, 0.5) is 10.5 Å². The average Bonchev–Trinajstić information content (AvgIpc) is 3.57. The second-order valence-electron chi connectivity index (χ2n) is 8.54. The van der Waals surface area contributed by atoms with Gasteiger partial charge >= 0.3 is 6.09 Å². The van der Waals surface area contributed by atoms with Gasteiger partial charge in [-0.05, 0) is 37.5 Å². The number of carbonyl (C=O) groups is 4. The lowest BCUT2D eigenvalue weighted by atomic mass is 9.93.